The van der Waals surface area contributed by atoms with Crippen LogP contribution in [0.25, 0.3) is 0 Å². The molecule has 2 rings (SSSR count). The maximum atomic E-state index is 12.7. The average molecular weight is 388 g/mol. The van der Waals surface area contributed by atoms with Crippen molar-refractivity contribution >= 4 is 28.3 Å². The third-order valence-electron chi connectivity index (χ3n) is 3.53. The minimum absolute atomic E-state index is 0. The van der Waals surface area contributed by atoms with Crippen molar-refractivity contribution in [2.45, 2.75) is 24.8 Å². The van der Waals surface area contributed by atoms with Crippen molar-refractivity contribution in [1.82, 2.24) is 4.90 Å². The summed E-state index contributed by atoms with van der Waals surface area (Å²) >= 11 is 0. The molecule has 0 aliphatic rings. The fourth-order valence-corrected chi connectivity index (χ4v) is 3.06. The summed E-state index contributed by atoms with van der Waals surface area (Å²) in [5, 5.41) is 5.12. The number of hydrogen-bond donors (Lipinski definition) is 2. The zero-order chi connectivity index (χ0) is 17.7. The van der Waals surface area contributed by atoms with Crippen molar-refractivity contribution in [2.24, 2.45) is 10.9 Å². The zero-order valence-corrected chi connectivity index (χ0v) is 15.5. The largest absolute Gasteiger partial charge is 0.455 e. The first kappa shape index (κ1) is 21.2. The molecule has 9 heteroatoms. The first-order chi connectivity index (χ1) is 11.3. The number of furan rings is 1. The maximum Gasteiger partial charge on any atom is 0.289 e. The summed E-state index contributed by atoms with van der Waals surface area (Å²) in [5.74, 6) is -0.353. The molecule has 0 aliphatic heterocycles. The van der Waals surface area contributed by atoms with Crippen LogP contribution >= 0.6 is 12.4 Å². The van der Waals surface area contributed by atoms with Crippen LogP contribution < -0.4 is 10.9 Å². The van der Waals surface area contributed by atoms with Crippen molar-refractivity contribution in [3.8, 4) is 0 Å². The molecular formula is C16H22ClN3O4S. The number of sulfonamides is 1. The van der Waals surface area contributed by atoms with Crippen LogP contribution in [0.3, 0.4) is 0 Å². The van der Waals surface area contributed by atoms with E-state index in [0.29, 0.717) is 26.1 Å². The number of primary sulfonamides is 1. The minimum Gasteiger partial charge on any atom is -0.455 e. The van der Waals surface area contributed by atoms with Crippen molar-refractivity contribution in [3.63, 3.8) is 0 Å². The Morgan fingerprint density at radius 3 is 2.40 bits per heavy atom. The monoisotopic (exact) mass is 387 g/mol. The molecule has 0 spiro atoms. The van der Waals surface area contributed by atoms with E-state index >= 15 is 0 Å². The molecule has 2 aromatic rings. The van der Waals surface area contributed by atoms with E-state index in [2.05, 4.69) is 0 Å². The van der Waals surface area contributed by atoms with E-state index in [1.807, 2.05) is 30.3 Å². The number of carbonyl (C=O) groups excluding carboxylic acids is 1. The number of aryl methyl sites for hydroxylation is 1. The van der Waals surface area contributed by atoms with Crippen LogP contribution in [0.5, 0.6) is 0 Å². The SMILES string of the molecule is Cc1oc(C(=O)N(CCCN)Cc2ccccc2)cc1S(N)(=O)=O.Cl. The van der Waals surface area contributed by atoms with Crippen molar-refractivity contribution < 1.29 is 17.6 Å². The third-order valence-corrected chi connectivity index (χ3v) is 4.54. The zero-order valence-electron chi connectivity index (χ0n) is 13.8. The average Bonchev–Trinajstić information content (AvgIpc) is 2.94. The lowest BCUT2D eigenvalue weighted by atomic mass is 10.2. The van der Waals surface area contributed by atoms with E-state index in [9.17, 15) is 13.2 Å². The van der Waals surface area contributed by atoms with Crippen LogP contribution in [-0.2, 0) is 16.6 Å². The second kappa shape index (κ2) is 9.00. The van der Waals surface area contributed by atoms with Gasteiger partial charge in [-0.3, -0.25) is 4.79 Å². The molecule has 0 saturated carbocycles. The molecule has 138 valence electrons. The summed E-state index contributed by atoms with van der Waals surface area (Å²) in [4.78, 5) is 14.1. The van der Waals surface area contributed by atoms with Gasteiger partial charge in [-0.15, -0.1) is 12.4 Å². The molecule has 4 N–H and O–H groups in total. The molecule has 1 aromatic carbocycles. The topological polar surface area (TPSA) is 120 Å². The van der Waals surface area contributed by atoms with E-state index in [0.717, 1.165) is 5.56 Å². The van der Waals surface area contributed by atoms with Gasteiger partial charge in [-0.1, -0.05) is 30.3 Å². The molecular weight excluding hydrogens is 366 g/mol. The molecule has 1 aromatic heterocycles. The Morgan fingerprint density at radius 2 is 1.88 bits per heavy atom. The van der Waals surface area contributed by atoms with Crippen molar-refractivity contribution in [1.29, 1.82) is 0 Å². The second-order valence-corrected chi connectivity index (χ2v) is 6.96. The Hall–Kier alpha value is -1.87. The van der Waals surface area contributed by atoms with Gasteiger partial charge in [0.15, 0.2) is 5.76 Å². The highest BCUT2D eigenvalue weighted by Gasteiger charge is 2.24. The van der Waals surface area contributed by atoms with E-state index in [-0.39, 0.29) is 28.8 Å². The Kier molecular flexibility index (Phi) is 7.62. The molecule has 1 heterocycles. The van der Waals surface area contributed by atoms with Crippen LogP contribution in [0.1, 0.15) is 28.3 Å². The first-order valence-corrected chi connectivity index (χ1v) is 9.04. The molecule has 0 radical (unpaired) electrons. The summed E-state index contributed by atoms with van der Waals surface area (Å²) in [6.07, 6.45) is 0.625. The number of hydrogen-bond acceptors (Lipinski definition) is 5. The summed E-state index contributed by atoms with van der Waals surface area (Å²) in [6.45, 7) is 2.72. The third kappa shape index (κ3) is 5.57. The quantitative estimate of drug-likeness (QED) is 0.748. The first-order valence-electron chi connectivity index (χ1n) is 7.49. The molecule has 25 heavy (non-hydrogen) atoms. The Bertz CT molecular complexity index is 806. The van der Waals surface area contributed by atoms with Gasteiger partial charge in [0.05, 0.1) is 0 Å². The highest BCUT2D eigenvalue weighted by Crippen LogP contribution is 2.21. The normalized spacial score (nSPS) is 11.0. The smallest absolute Gasteiger partial charge is 0.289 e. The highest BCUT2D eigenvalue weighted by atomic mass is 35.5. The van der Waals surface area contributed by atoms with Gasteiger partial charge in [0.2, 0.25) is 10.0 Å². The van der Waals surface area contributed by atoms with Gasteiger partial charge in [-0.2, -0.15) is 0 Å². The molecule has 0 fully saturated rings. The van der Waals surface area contributed by atoms with Crippen LogP contribution in [0.15, 0.2) is 45.7 Å². The molecule has 7 nitrogen and oxygen atoms in total. The lowest BCUT2D eigenvalue weighted by Crippen LogP contribution is -2.32. The van der Waals surface area contributed by atoms with Gasteiger partial charge < -0.3 is 15.1 Å². The van der Waals surface area contributed by atoms with Crippen LogP contribution in [0.4, 0.5) is 0 Å². The lowest BCUT2D eigenvalue weighted by Gasteiger charge is -2.21. The van der Waals surface area contributed by atoms with E-state index in [1.165, 1.54) is 13.0 Å². The number of nitrogens with two attached hydrogens (primary N) is 2. The summed E-state index contributed by atoms with van der Waals surface area (Å²) in [6, 6.07) is 10.7. The van der Waals surface area contributed by atoms with Gasteiger partial charge in [0.25, 0.3) is 5.91 Å². The maximum absolute atomic E-state index is 12.7. The fraction of sp³-hybridized carbons (Fsp3) is 0.312. The number of carbonyl (C=O) groups is 1. The van der Waals surface area contributed by atoms with Crippen LogP contribution in [0.2, 0.25) is 0 Å². The van der Waals surface area contributed by atoms with Crippen LogP contribution in [-0.4, -0.2) is 32.3 Å². The van der Waals surface area contributed by atoms with E-state index < -0.39 is 15.9 Å². The Labute approximate surface area is 153 Å². The molecule has 0 saturated heterocycles. The van der Waals surface area contributed by atoms with Crippen LogP contribution in [0, 0.1) is 6.92 Å². The standard InChI is InChI=1S/C16H21N3O4S.ClH/c1-12-15(24(18,21)22)10-14(23-12)16(20)19(9-5-8-17)11-13-6-3-2-4-7-13;/h2-4,6-7,10H,5,8-9,11,17H2,1H3,(H2,18,21,22);1H. The van der Waals surface area contributed by atoms with Gasteiger partial charge in [0, 0.05) is 19.2 Å². The summed E-state index contributed by atoms with van der Waals surface area (Å²) < 4.78 is 28.3. The predicted molar refractivity (Wildman–Crippen MR) is 96.9 cm³/mol. The number of nitrogens with zero attached hydrogens (tertiary/aromatic N) is 1. The molecule has 1 amide bonds. The number of halogens is 1. The Balaban J connectivity index is 0.00000312. The predicted octanol–water partition coefficient (Wildman–Crippen LogP) is 1.65. The highest BCUT2D eigenvalue weighted by molar-refractivity contribution is 7.89. The second-order valence-electron chi connectivity index (χ2n) is 5.43. The number of benzene rings is 1. The van der Waals surface area contributed by atoms with E-state index in [4.69, 9.17) is 15.3 Å². The fourth-order valence-electron chi connectivity index (χ4n) is 2.35. The van der Waals surface area contributed by atoms with Gasteiger partial charge in [-0.05, 0) is 25.5 Å². The minimum atomic E-state index is -3.93. The molecule has 0 unspecified atom stereocenters. The molecule has 0 atom stereocenters. The molecule has 0 bridgehead atoms. The van der Waals surface area contributed by atoms with Gasteiger partial charge in [0.1, 0.15) is 10.7 Å². The van der Waals surface area contributed by atoms with Crippen molar-refractivity contribution in [2.75, 3.05) is 13.1 Å². The number of rotatable bonds is 7. The van der Waals surface area contributed by atoms with Gasteiger partial charge in [-0.25, -0.2) is 13.6 Å². The number of amides is 1. The van der Waals surface area contributed by atoms with Crippen molar-refractivity contribution in [3.05, 3.63) is 53.5 Å². The van der Waals surface area contributed by atoms with E-state index in [1.54, 1.807) is 4.90 Å². The van der Waals surface area contributed by atoms with Gasteiger partial charge >= 0.3 is 0 Å². The molecule has 0 aliphatic carbocycles. The summed E-state index contributed by atoms with van der Waals surface area (Å²) in [5.41, 5.74) is 6.49. The lowest BCUT2D eigenvalue weighted by molar-refractivity contribution is 0.0708. The Morgan fingerprint density at radius 1 is 1.24 bits per heavy atom. The summed E-state index contributed by atoms with van der Waals surface area (Å²) in [7, 11) is -3.93.